The average molecular weight is 150 g/mol. The molecule has 0 amide bonds. The molecule has 0 aromatic carbocycles. The van der Waals surface area contributed by atoms with Crippen LogP contribution in [-0.4, -0.2) is 16.7 Å². The number of hydrogen-bond acceptors (Lipinski definition) is 2. The minimum absolute atomic E-state index is 0.0243. The summed E-state index contributed by atoms with van der Waals surface area (Å²) in [4.78, 5) is 10.1. The van der Waals surface area contributed by atoms with Crippen LogP contribution in [0, 0.1) is 0 Å². The molecule has 0 aliphatic carbocycles. The molecule has 0 spiro atoms. The second kappa shape index (κ2) is 3.14. The summed E-state index contributed by atoms with van der Waals surface area (Å²) in [6, 6.07) is 0. The van der Waals surface area contributed by atoms with Gasteiger partial charge in [-0.1, -0.05) is 0 Å². The Hall–Kier alpha value is -0.140. The van der Waals surface area contributed by atoms with Crippen molar-refractivity contribution in [2.24, 2.45) is 0 Å². The van der Waals surface area contributed by atoms with Gasteiger partial charge in [0.1, 0.15) is 0 Å². The summed E-state index contributed by atoms with van der Waals surface area (Å²) in [5, 5.41) is 8.29. The molecule has 1 N–H and O–H groups in total. The molecule has 0 bridgehead atoms. The molecule has 0 rings (SSSR count). The number of carboxylic acids is 1. The zero-order valence-corrected chi connectivity index (χ0v) is 6.70. The molecule has 0 aliphatic rings. The molecule has 4 heteroatoms. The van der Waals surface area contributed by atoms with Crippen LogP contribution in [-0.2, 0) is 9.32 Å². The minimum atomic E-state index is -0.845. The fourth-order valence-corrected chi connectivity index (χ4v) is 0.489. The monoisotopic (exact) mass is 150 g/mol. The second-order valence-corrected chi connectivity index (χ2v) is 2.68. The molecule has 0 aromatic rings. The Morgan fingerprint density at radius 3 is 2.33 bits per heavy atom. The molecule has 9 heavy (non-hydrogen) atoms. The first-order valence-electron chi connectivity index (χ1n) is 2.57. The lowest BCUT2D eigenvalue weighted by molar-refractivity contribution is -0.140. The number of carbonyl (C=O) groups is 1. The molecule has 0 radical (unpaired) electrons. The van der Waals surface area contributed by atoms with Gasteiger partial charge in [0.05, 0.1) is 12.0 Å². The van der Waals surface area contributed by atoms with Gasteiger partial charge in [0.2, 0.25) is 0 Å². The van der Waals surface area contributed by atoms with Gasteiger partial charge in [-0.25, -0.2) is 0 Å². The fraction of sp³-hybridized carbons (Fsp3) is 0.800. The van der Waals surface area contributed by atoms with Crippen molar-refractivity contribution in [1.29, 1.82) is 0 Å². The van der Waals surface area contributed by atoms with Crippen molar-refractivity contribution in [3.8, 4) is 0 Å². The van der Waals surface area contributed by atoms with Crippen molar-refractivity contribution >= 4 is 15.4 Å². The van der Waals surface area contributed by atoms with E-state index in [1.165, 1.54) is 0 Å². The van der Waals surface area contributed by atoms with E-state index in [1.807, 2.05) is 0 Å². The third-order valence-electron chi connectivity index (χ3n) is 0.896. The van der Waals surface area contributed by atoms with Gasteiger partial charge in [0.15, 0.2) is 0 Å². The largest absolute Gasteiger partial charge is 0.481 e. The van der Waals surface area contributed by atoms with E-state index in [9.17, 15) is 4.79 Å². The Balaban J connectivity index is 3.71. The van der Waals surface area contributed by atoms with E-state index in [-0.39, 0.29) is 6.42 Å². The number of aliphatic carboxylic acids is 1. The van der Waals surface area contributed by atoms with Crippen LogP contribution in [0.5, 0.6) is 0 Å². The summed E-state index contributed by atoms with van der Waals surface area (Å²) in [6.45, 7) is 3.43. The van der Waals surface area contributed by atoms with Gasteiger partial charge >= 0.3 is 5.97 Å². The van der Waals surface area contributed by atoms with Crippen LogP contribution in [0.1, 0.15) is 20.3 Å². The zero-order valence-electron chi connectivity index (χ0n) is 5.55. The average Bonchev–Trinajstić information content (AvgIpc) is 1.63. The molecule has 3 nitrogen and oxygen atoms in total. The van der Waals surface area contributed by atoms with Gasteiger partial charge in [-0.05, 0) is 13.8 Å². The minimum Gasteiger partial charge on any atom is -0.481 e. The van der Waals surface area contributed by atoms with Crippen molar-refractivity contribution < 1.29 is 14.4 Å². The summed E-state index contributed by atoms with van der Waals surface area (Å²) < 4.78 is 4.78. The molecule has 0 aliphatic heterocycles. The smallest absolute Gasteiger partial charge is 0.306 e. The van der Waals surface area contributed by atoms with Crippen LogP contribution in [0.4, 0.5) is 0 Å². The first-order chi connectivity index (χ1) is 3.98. The predicted octanol–water partition coefficient (Wildman–Crippen LogP) is 1.05. The normalized spacial score (nSPS) is 11.4. The van der Waals surface area contributed by atoms with Crippen LogP contribution >= 0.6 is 9.47 Å². The van der Waals surface area contributed by atoms with E-state index in [4.69, 9.17) is 9.63 Å². The van der Waals surface area contributed by atoms with Crippen molar-refractivity contribution in [1.82, 2.24) is 0 Å². The lowest BCUT2D eigenvalue weighted by Gasteiger charge is -2.19. The van der Waals surface area contributed by atoms with Crippen molar-refractivity contribution in [2.45, 2.75) is 25.9 Å². The first kappa shape index (κ1) is 8.86. The van der Waals surface area contributed by atoms with E-state index in [1.54, 1.807) is 13.8 Å². The Morgan fingerprint density at radius 2 is 2.22 bits per heavy atom. The van der Waals surface area contributed by atoms with Crippen molar-refractivity contribution in [3.05, 3.63) is 0 Å². The maximum atomic E-state index is 10.1. The van der Waals surface area contributed by atoms with Gasteiger partial charge in [-0.2, -0.15) is 0 Å². The SMILES string of the molecule is CC(C)(CC(=O)O)OP. The number of hydrogen-bond donors (Lipinski definition) is 1. The Kier molecular flexibility index (Phi) is 3.09. The number of rotatable bonds is 3. The van der Waals surface area contributed by atoms with Crippen molar-refractivity contribution in [3.63, 3.8) is 0 Å². The maximum Gasteiger partial charge on any atom is 0.306 e. The van der Waals surface area contributed by atoms with E-state index in [0.717, 1.165) is 0 Å². The Labute approximate surface area is 56.7 Å². The van der Waals surface area contributed by atoms with Gasteiger partial charge in [-0.3, -0.25) is 4.79 Å². The summed E-state index contributed by atoms with van der Waals surface area (Å²) in [6.07, 6.45) is 0.0243. The van der Waals surface area contributed by atoms with Gasteiger partial charge in [0, 0.05) is 9.47 Å². The quantitative estimate of drug-likeness (QED) is 0.611. The van der Waals surface area contributed by atoms with Crippen LogP contribution in [0.2, 0.25) is 0 Å². The second-order valence-electron chi connectivity index (χ2n) is 2.45. The lowest BCUT2D eigenvalue weighted by Crippen LogP contribution is -2.23. The molecule has 54 valence electrons. The number of carboxylic acid groups (broad SMARTS) is 1. The predicted molar refractivity (Wildman–Crippen MR) is 37.1 cm³/mol. The van der Waals surface area contributed by atoms with Crippen LogP contribution in [0.3, 0.4) is 0 Å². The molecule has 1 atom stereocenters. The molecule has 1 unspecified atom stereocenters. The highest BCUT2D eigenvalue weighted by Crippen LogP contribution is 2.16. The van der Waals surface area contributed by atoms with E-state index in [0.29, 0.717) is 0 Å². The fourth-order valence-electron chi connectivity index (χ4n) is 0.406. The molecule has 0 fully saturated rings. The summed E-state index contributed by atoms with van der Waals surface area (Å²) in [5.41, 5.74) is -0.573. The molecular weight excluding hydrogens is 139 g/mol. The molecular formula is C5H11O3P. The van der Waals surface area contributed by atoms with Gasteiger partial charge < -0.3 is 9.63 Å². The highest BCUT2D eigenvalue weighted by atomic mass is 31.0. The molecule has 0 heterocycles. The van der Waals surface area contributed by atoms with E-state index >= 15 is 0 Å². The Bertz CT molecular complexity index is 111. The van der Waals surface area contributed by atoms with Gasteiger partial charge in [-0.15, -0.1) is 0 Å². The highest BCUT2D eigenvalue weighted by molar-refractivity contribution is 7.09. The summed E-state index contributed by atoms with van der Waals surface area (Å²) in [5.74, 6) is -0.845. The third kappa shape index (κ3) is 4.37. The topological polar surface area (TPSA) is 46.5 Å². The molecule has 0 aromatic heterocycles. The standard InChI is InChI=1S/C5H11O3P/c1-5(2,8-9)3-4(6)7/h3,9H2,1-2H3,(H,6,7). The van der Waals surface area contributed by atoms with Gasteiger partial charge in [0.25, 0.3) is 0 Å². The highest BCUT2D eigenvalue weighted by Gasteiger charge is 2.20. The van der Waals surface area contributed by atoms with Crippen LogP contribution in [0.15, 0.2) is 0 Å². The summed E-state index contributed by atoms with van der Waals surface area (Å²) in [7, 11) is 2.05. The Morgan fingerprint density at radius 1 is 1.78 bits per heavy atom. The van der Waals surface area contributed by atoms with Crippen molar-refractivity contribution in [2.75, 3.05) is 0 Å². The van der Waals surface area contributed by atoms with Crippen LogP contribution < -0.4 is 0 Å². The summed E-state index contributed by atoms with van der Waals surface area (Å²) >= 11 is 0. The van der Waals surface area contributed by atoms with Crippen LogP contribution in [0.25, 0.3) is 0 Å². The van der Waals surface area contributed by atoms with E-state index in [2.05, 4.69) is 9.47 Å². The molecule has 0 saturated carbocycles. The third-order valence-corrected chi connectivity index (χ3v) is 1.53. The maximum absolute atomic E-state index is 10.1. The molecule has 0 saturated heterocycles. The lowest BCUT2D eigenvalue weighted by atomic mass is 10.1. The van der Waals surface area contributed by atoms with E-state index < -0.39 is 11.6 Å². The first-order valence-corrected chi connectivity index (χ1v) is 3.05. The zero-order chi connectivity index (χ0) is 7.49.